The first-order valence-corrected chi connectivity index (χ1v) is 9.62. The minimum Gasteiger partial charge on any atom is -0.392 e. The Morgan fingerprint density at radius 1 is 1.35 bits per heavy atom. The Morgan fingerprint density at radius 3 is 2.65 bits per heavy atom. The lowest BCUT2D eigenvalue weighted by Gasteiger charge is -2.22. The molecule has 20 heavy (non-hydrogen) atoms. The van der Waals surface area contributed by atoms with Crippen molar-refractivity contribution in [2.45, 2.75) is 76.1 Å². The second-order valence-corrected chi connectivity index (χ2v) is 9.10. The number of aliphatic hydroxyl groups is 1. The monoisotopic (exact) mass is 313 g/mol. The third-order valence-corrected chi connectivity index (χ3v) is 6.20. The molecule has 1 unspecified atom stereocenters. The standard InChI is InChI=1S/C16H27NOS2/c1-16(2,3)14-11-20-15(17-14)9-12(18)10-19-13-7-5-4-6-8-13/h11-13,18H,4-10H2,1-3H3. The highest BCUT2D eigenvalue weighted by Gasteiger charge is 2.19. The first-order chi connectivity index (χ1) is 9.45. The zero-order valence-corrected chi connectivity index (χ0v) is 14.5. The fourth-order valence-electron chi connectivity index (χ4n) is 2.49. The maximum absolute atomic E-state index is 10.2. The molecule has 1 heterocycles. The summed E-state index contributed by atoms with van der Waals surface area (Å²) in [6.07, 6.45) is 7.27. The maximum atomic E-state index is 10.2. The lowest BCUT2D eigenvalue weighted by Crippen LogP contribution is -2.18. The van der Waals surface area contributed by atoms with Gasteiger partial charge in [-0.05, 0) is 12.8 Å². The molecule has 0 bridgehead atoms. The van der Waals surface area contributed by atoms with Gasteiger partial charge in [-0.2, -0.15) is 11.8 Å². The van der Waals surface area contributed by atoms with E-state index in [0.717, 1.165) is 21.7 Å². The lowest BCUT2D eigenvalue weighted by atomic mass is 9.93. The summed E-state index contributed by atoms with van der Waals surface area (Å²) < 4.78 is 0. The van der Waals surface area contributed by atoms with Crippen LogP contribution in [-0.4, -0.2) is 27.2 Å². The van der Waals surface area contributed by atoms with Gasteiger partial charge in [0.2, 0.25) is 0 Å². The molecule has 1 aliphatic carbocycles. The smallest absolute Gasteiger partial charge is 0.0954 e. The van der Waals surface area contributed by atoms with Crippen LogP contribution in [0.1, 0.15) is 63.6 Å². The summed E-state index contributed by atoms with van der Waals surface area (Å²) in [5.74, 6) is 0.856. The van der Waals surface area contributed by atoms with Gasteiger partial charge in [-0.15, -0.1) is 11.3 Å². The van der Waals surface area contributed by atoms with Crippen LogP contribution in [-0.2, 0) is 11.8 Å². The molecule has 1 saturated carbocycles. The largest absolute Gasteiger partial charge is 0.392 e. The third kappa shape index (κ3) is 5.05. The molecule has 1 atom stereocenters. The van der Waals surface area contributed by atoms with E-state index in [-0.39, 0.29) is 11.5 Å². The van der Waals surface area contributed by atoms with Gasteiger partial charge in [0.1, 0.15) is 0 Å². The average Bonchev–Trinajstić information content (AvgIpc) is 2.86. The SMILES string of the molecule is CC(C)(C)c1csc(CC(O)CSC2CCCCC2)n1. The number of hydrogen-bond donors (Lipinski definition) is 1. The first-order valence-electron chi connectivity index (χ1n) is 7.69. The van der Waals surface area contributed by atoms with E-state index in [1.54, 1.807) is 11.3 Å². The molecular formula is C16H27NOS2. The van der Waals surface area contributed by atoms with Crippen molar-refractivity contribution in [3.05, 3.63) is 16.1 Å². The van der Waals surface area contributed by atoms with Gasteiger partial charge in [-0.1, -0.05) is 40.0 Å². The van der Waals surface area contributed by atoms with Crippen LogP contribution in [0.2, 0.25) is 0 Å². The fraction of sp³-hybridized carbons (Fsp3) is 0.812. The molecule has 1 aromatic heterocycles. The van der Waals surface area contributed by atoms with Crippen LogP contribution in [0.15, 0.2) is 5.38 Å². The second-order valence-electron chi connectivity index (χ2n) is 6.83. The fourth-order valence-corrected chi connectivity index (χ4v) is 4.86. The van der Waals surface area contributed by atoms with Crippen LogP contribution in [0, 0.1) is 0 Å². The van der Waals surface area contributed by atoms with E-state index in [0.29, 0.717) is 6.42 Å². The molecule has 0 spiro atoms. The van der Waals surface area contributed by atoms with E-state index in [1.807, 2.05) is 11.8 Å². The molecule has 1 aromatic rings. The highest BCUT2D eigenvalue weighted by molar-refractivity contribution is 7.99. The molecule has 2 rings (SSSR count). The molecule has 1 aliphatic rings. The van der Waals surface area contributed by atoms with Crippen molar-refractivity contribution in [1.82, 2.24) is 4.98 Å². The molecule has 1 N–H and O–H groups in total. The first kappa shape index (κ1) is 16.3. The minimum absolute atomic E-state index is 0.108. The Morgan fingerprint density at radius 2 is 2.05 bits per heavy atom. The number of thiazole rings is 1. The van der Waals surface area contributed by atoms with Crippen LogP contribution in [0.4, 0.5) is 0 Å². The Bertz CT molecular complexity index is 405. The van der Waals surface area contributed by atoms with Gasteiger partial charge in [-0.25, -0.2) is 4.98 Å². The number of aromatic nitrogens is 1. The van der Waals surface area contributed by atoms with Crippen molar-refractivity contribution in [1.29, 1.82) is 0 Å². The van der Waals surface area contributed by atoms with Gasteiger partial charge in [0.25, 0.3) is 0 Å². The molecule has 0 amide bonds. The molecule has 0 radical (unpaired) electrons. The molecule has 1 fully saturated rings. The number of hydrogen-bond acceptors (Lipinski definition) is 4. The van der Waals surface area contributed by atoms with Gasteiger partial charge in [0.05, 0.1) is 16.8 Å². The average molecular weight is 314 g/mol. The van der Waals surface area contributed by atoms with Gasteiger partial charge >= 0.3 is 0 Å². The van der Waals surface area contributed by atoms with Crippen LogP contribution >= 0.6 is 23.1 Å². The molecule has 2 nitrogen and oxygen atoms in total. The maximum Gasteiger partial charge on any atom is 0.0954 e. The predicted molar refractivity (Wildman–Crippen MR) is 89.9 cm³/mol. The van der Waals surface area contributed by atoms with Crippen molar-refractivity contribution in [2.24, 2.45) is 0 Å². The Hall–Kier alpha value is -0.0600. The topological polar surface area (TPSA) is 33.1 Å². The van der Waals surface area contributed by atoms with Crippen molar-refractivity contribution < 1.29 is 5.11 Å². The summed E-state index contributed by atoms with van der Waals surface area (Å²) >= 11 is 3.65. The van der Waals surface area contributed by atoms with E-state index in [4.69, 9.17) is 0 Å². The van der Waals surface area contributed by atoms with Crippen LogP contribution in [0.3, 0.4) is 0 Å². The van der Waals surface area contributed by atoms with Crippen LogP contribution < -0.4 is 0 Å². The quantitative estimate of drug-likeness (QED) is 0.874. The molecule has 0 saturated heterocycles. The molecule has 0 aliphatic heterocycles. The third-order valence-electron chi connectivity index (χ3n) is 3.81. The van der Waals surface area contributed by atoms with E-state index in [1.165, 1.54) is 32.1 Å². The summed E-state index contributed by atoms with van der Waals surface area (Å²) in [5, 5.41) is 14.2. The molecule has 114 valence electrons. The number of nitrogens with zero attached hydrogens (tertiary/aromatic N) is 1. The van der Waals surface area contributed by atoms with E-state index >= 15 is 0 Å². The Balaban J connectivity index is 1.76. The number of aliphatic hydroxyl groups excluding tert-OH is 1. The summed E-state index contributed by atoms with van der Waals surface area (Å²) in [5.41, 5.74) is 1.25. The Labute approximate surface area is 131 Å². The molecule has 4 heteroatoms. The van der Waals surface area contributed by atoms with Gasteiger partial charge in [-0.3, -0.25) is 0 Å². The van der Waals surface area contributed by atoms with E-state index in [2.05, 4.69) is 31.1 Å². The molecular weight excluding hydrogens is 286 g/mol. The minimum atomic E-state index is -0.249. The predicted octanol–water partition coefficient (Wildman–Crippen LogP) is 4.41. The Kier molecular flexibility index (Phi) is 5.94. The number of thioether (sulfide) groups is 1. The highest BCUT2D eigenvalue weighted by atomic mass is 32.2. The van der Waals surface area contributed by atoms with E-state index < -0.39 is 0 Å². The summed E-state index contributed by atoms with van der Waals surface area (Å²) in [6, 6.07) is 0. The normalized spacial score (nSPS) is 19.2. The second kappa shape index (κ2) is 7.28. The summed E-state index contributed by atoms with van der Waals surface area (Å²) in [4.78, 5) is 4.67. The van der Waals surface area contributed by atoms with Gasteiger partial charge in [0, 0.05) is 28.2 Å². The van der Waals surface area contributed by atoms with Crippen LogP contribution in [0.5, 0.6) is 0 Å². The van der Waals surface area contributed by atoms with Crippen molar-refractivity contribution in [3.63, 3.8) is 0 Å². The lowest BCUT2D eigenvalue weighted by molar-refractivity contribution is 0.199. The number of rotatable bonds is 5. The summed E-state index contributed by atoms with van der Waals surface area (Å²) in [6.45, 7) is 6.55. The summed E-state index contributed by atoms with van der Waals surface area (Å²) in [7, 11) is 0. The van der Waals surface area contributed by atoms with Gasteiger partial charge in [0.15, 0.2) is 0 Å². The zero-order chi connectivity index (χ0) is 14.6. The zero-order valence-electron chi connectivity index (χ0n) is 12.9. The highest BCUT2D eigenvalue weighted by Crippen LogP contribution is 2.29. The van der Waals surface area contributed by atoms with Crippen molar-refractivity contribution in [2.75, 3.05) is 5.75 Å². The van der Waals surface area contributed by atoms with Crippen LogP contribution in [0.25, 0.3) is 0 Å². The van der Waals surface area contributed by atoms with E-state index in [9.17, 15) is 5.11 Å². The molecule has 0 aromatic carbocycles. The van der Waals surface area contributed by atoms with Crippen molar-refractivity contribution in [3.8, 4) is 0 Å². The van der Waals surface area contributed by atoms with Gasteiger partial charge < -0.3 is 5.11 Å². The van der Waals surface area contributed by atoms with Crippen molar-refractivity contribution >= 4 is 23.1 Å².